The van der Waals surface area contributed by atoms with E-state index in [-0.39, 0.29) is 17.4 Å². The van der Waals surface area contributed by atoms with E-state index in [1.807, 2.05) is 0 Å². The number of hydrogen-bond donors (Lipinski definition) is 4. The highest BCUT2D eigenvalue weighted by Gasteiger charge is 2.19. The van der Waals surface area contributed by atoms with Crippen molar-refractivity contribution in [3.05, 3.63) is 29.8 Å². The number of carbonyl (C=O) groups is 1. The Hall–Kier alpha value is -2.18. The molecule has 1 unspecified atom stereocenters. The van der Waals surface area contributed by atoms with Gasteiger partial charge < -0.3 is 16.4 Å². The fourth-order valence-electron chi connectivity index (χ4n) is 1.49. The van der Waals surface area contributed by atoms with Crippen LogP contribution in [0.3, 0.4) is 0 Å². The molecular weight excluding hydrogens is 254 g/mol. The third-order valence-corrected chi connectivity index (χ3v) is 2.47. The molecule has 19 heavy (non-hydrogen) atoms. The van der Waals surface area contributed by atoms with Gasteiger partial charge in [-0.1, -0.05) is 13.8 Å². The lowest BCUT2D eigenvalue weighted by molar-refractivity contribution is 0.248. The summed E-state index contributed by atoms with van der Waals surface area (Å²) in [4.78, 5) is 11.6. The molecule has 1 atom stereocenters. The standard InChI is InChI=1S/C12H16F2N4O/c1-6(2)10(11(15)16)18-12(19)17-9-4-3-7(13)5-8(9)14/h3-6,10H,1-2H3,(H3,15,16)(H2,17,18,19). The van der Waals surface area contributed by atoms with Crippen LogP contribution in [-0.4, -0.2) is 17.9 Å². The second kappa shape index (κ2) is 6.12. The number of halogens is 2. The lowest BCUT2D eigenvalue weighted by Crippen LogP contribution is -2.48. The minimum absolute atomic E-state index is 0.0821. The molecule has 0 aliphatic heterocycles. The molecule has 1 rings (SSSR count). The van der Waals surface area contributed by atoms with Crippen molar-refractivity contribution < 1.29 is 13.6 Å². The normalized spacial score (nSPS) is 12.1. The molecule has 104 valence electrons. The van der Waals surface area contributed by atoms with Crippen LogP contribution in [0.5, 0.6) is 0 Å². The SMILES string of the molecule is CC(C)C(NC(=O)Nc1ccc(F)cc1F)C(=N)N. The number of nitrogens with two attached hydrogens (primary N) is 1. The molecule has 0 saturated carbocycles. The van der Waals surface area contributed by atoms with Gasteiger partial charge >= 0.3 is 6.03 Å². The van der Waals surface area contributed by atoms with E-state index in [2.05, 4.69) is 10.6 Å². The zero-order valence-electron chi connectivity index (χ0n) is 10.6. The Kier molecular flexibility index (Phi) is 4.80. The molecule has 1 aromatic carbocycles. The van der Waals surface area contributed by atoms with Gasteiger partial charge in [0.2, 0.25) is 0 Å². The second-order valence-electron chi connectivity index (χ2n) is 4.40. The Morgan fingerprint density at radius 2 is 2.00 bits per heavy atom. The number of nitrogens with one attached hydrogen (secondary N) is 3. The maximum absolute atomic E-state index is 13.3. The van der Waals surface area contributed by atoms with Crippen molar-refractivity contribution in [3.8, 4) is 0 Å². The number of anilines is 1. The molecule has 0 heterocycles. The first-order valence-corrected chi connectivity index (χ1v) is 5.67. The quantitative estimate of drug-likeness (QED) is 0.498. The van der Waals surface area contributed by atoms with Gasteiger partial charge in [0.1, 0.15) is 17.5 Å². The summed E-state index contributed by atoms with van der Waals surface area (Å²) in [6.07, 6.45) is 0. The van der Waals surface area contributed by atoms with Crippen molar-refractivity contribution in [3.63, 3.8) is 0 Å². The van der Waals surface area contributed by atoms with Crippen LogP contribution in [0.4, 0.5) is 19.3 Å². The molecule has 0 aliphatic carbocycles. The van der Waals surface area contributed by atoms with Gasteiger partial charge in [-0.15, -0.1) is 0 Å². The van der Waals surface area contributed by atoms with Gasteiger partial charge in [0.25, 0.3) is 0 Å². The zero-order valence-corrected chi connectivity index (χ0v) is 10.6. The highest BCUT2D eigenvalue weighted by Crippen LogP contribution is 2.14. The Morgan fingerprint density at radius 3 is 2.47 bits per heavy atom. The van der Waals surface area contributed by atoms with E-state index in [0.29, 0.717) is 6.07 Å². The summed E-state index contributed by atoms with van der Waals surface area (Å²) in [6.45, 7) is 3.57. The smallest absolute Gasteiger partial charge is 0.319 e. The topological polar surface area (TPSA) is 91.0 Å². The fourth-order valence-corrected chi connectivity index (χ4v) is 1.49. The first kappa shape index (κ1) is 14.9. The van der Waals surface area contributed by atoms with E-state index in [0.717, 1.165) is 12.1 Å². The van der Waals surface area contributed by atoms with E-state index in [1.54, 1.807) is 13.8 Å². The number of carbonyl (C=O) groups excluding carboxylic acids is 1. The summed E-state index contributed by atoms with van der Waals surface area (Å²) in [6, 6.07) is 1.45. The Morgan fingerprint density at radius 1 is 1.37 bits per heavy atom. The van der Waals surface area contributed by atoms with Crippen LogP contribution in [0.25, 0.3) is 0 Å². The third kappa shape index (κ3) is 4.20. The average Bonchev–Trinajstić information content (AvgIpc) is 2.29. The second-order valence-corrected chi connectivity index (χ2v) is 4.40. The van der Waals surface area contributed by atoms with E-state index in [4.69, 9.17) is 11.1 Å². The number of hydrogen-bond acceptors (Lipinski definition) is 2. The van der Waals surface area contributed by atoms with Crippen LogP contribution < -0.4 is 16.4 Å². The minimum atomic E-state index is -0.876. The molecule has 0 spiro atoms. The minimum Gasteiger partial charge on any atom is -0.386 e. The molecule has 5 N–H and O–H groups in total. The zero-order chi connectivity index (χ0) is 14.6. The van der Waals surface area contributed by atoms with E-state index < -0.39 is 23.7 Å². The molecule has 5 nitrogen and oxygen atoms in total. The van der Waals surface area contributed by atoms with Gasteiger partial charge in [0, 0.05) is 6.07 Å². The monoisotopic (exact) mass is 270 g/mol. The number of amides is 2. The molecule has 0 saturated heterocycles. The number of benzene rings is 1. The largest absolute Gasteiger partial charge is 0.386 e. The van der Waals surface area contributed by atoms with Gasteiger partial charge in [-0.05, 0) is 18.1 Å². The van der Waals surface area contributed by atoms with Crippen molar-refractivity contribution >= 4 is 17.6 Å². The van der Waals surface area contributed by atoms with Crippen LogP contribution in [0, 0.1) is 23.0 Å². The van der Waals surface area contributed by atoms with E-state index in [9.17, 15) is 13.6 Å². The van der Waals surface area contributed by atoms with Crippen LogP contribution in [0.1, 0.15) is 13.8 Å². The molecule has 1 aromatic rings. The summed E-state index contributed by atoms with van der Waals surface area (Å²) in [7, 11) is 0. The average molecular weight is 270 g/mol. The molecule has 2 amide bonds. The fraction of sp³-hybridized carbons (Fsp3) is 0.333. The van der Waals surface area contributed by atoms with Crippen LogP contribution >= 0.6 is 0 Å². The van der Waals surface area contributed by atoms with E-state index >= 15 is 0 Å². The molecule has 0 bridgehead atoms. The number of rotatable bonds is 4. The van der Waals surface area contributed by atoms with Gasteiger partial charge in [-0.3, -0.25) is 5.41 Å². The first-order valence-electron chi connectivity index (χ1n) is 5.67. The lowest BCUT2D eigenvalue weighted by atomic mass is 10.0. The van der Waals surface area contributed by atoms with Crippen LogP contribution in [-0.2, 0) is 0 Å². The lowest BCUT2D eigenvalue weighted by Gasteiger charge is -2.21. The summed E-state index contributed by atoms with van der Waals surface area (Å²) >= 11 is 0. The van der Waals surface area contributed by atoms with Gasteiger partial charge in [0.15, 0.2) is 0 Å². The summed E-state index contributed by atoms with van der Waals surface area (Å²) < 4.78 is 26.0. The van der Waals surface area contributed by atoms with Crippen molar-refractivity contribution in [2.75, 3.05) is 5.32 Å². The maximum Gasteiger partial charge on any atom is 0.319 e. The number of amidine groups is 1. The van der Waals surface area contributed by atoms with Crippen molar-refractivity contribution in [1.82, 2.24) is 5.32 Å². The Labute approximate surface area is 109 Å². The molecule has 0 radical (unpaired) electrons. The molecule has 0 aromatic heterocycles. The van der Waals surface area contributed by atoms with Crippen molar-refractivity contribution in [1.29, 1.82) is 5.41 Å². The Bertz CT molecular complexity index is 491. The summed E-state index contributed by atoms with van der Waals surface area (Å²) in [5.41, 5.74) is 5.20. The molecule has 0 fully saturated rings. The highest BCUT2D eigenvalue weighted by molar-refractivity contribution is 5.94. The van der Waals surface area contributed by atoms with Gasteiger partial charge in [-0.25, -0.2) is 13.6 Å². The predicted octanol–water partition coefficient (Wildman–Crippen LogP) is 2.05. The number of urea groups is 1. The third-order valence-electron chi connectivity index (χ3n) is 2.47. The van der Waals surface area contributed by atoms with Crippen LogP contribution in [0.15, 0.2) is 18.2 Å². The highest BCUT2D eigenvalue weighted by atomic mass is 19.1. The van der Waals surface area contributed by atoms with E-state index in [1.165, 1.54) is 0 Å². The summed E-state index contributed by atoms with van der Waals surface area (Å²) in [5, 5.41) is 12.0. The van der Waals surface area contributed by atoms with Gasteiger partial charge in [-0.2, -0.15) is 0 Å². The Balaban J connectivity index is 2.72. The van der Waals surface area contributed by atoms with Gasteiger partial charge in [0.05, 0.1) is 11.7 Å². The first-order chi connectivity index (χ1) is 8.81. The van der Waals surface area contributed by atoms with Crippen molar-refractivity contribution in [2.24, 2.45) is 11.7 Å². The molecule has 0 aliphatic rings. The summed E-state index contributed by atoms with van der Waals surface area (Å²) in [5.74, 6) is -1.88. The maximum atomic E-state index is 13.3. The van der Waals surface area contributed by atoms with Crippen LogP contribution in [0.2, 0.25) is 0 Å². The molecule has 7 heteroatoms. The predicted molar refractivity (Wildman–Crippen MR) is 69.1 cm³/mol. The van der Waals surface area contributed by atoms with Crippen molar-refractivity contribution in [2.45, 2.75) is 19.9 Å². The molecular formula is C12H16F2N4O.